The van der Waals surface area contributed by atoms with Gasteiger partial charge in [-0.05, 0) is 11.6 Å². The number of carboxylic acid groups (broad SMARTS) is 1. The molecular formula is C11H15NO3S. The number of carbonyl (C=O) groups is 1. The predicted octanol–water partition coefficient (Wildman–Crippen LogP) is 0.853. The van der Waals surface area contributed by atoms with E-state index in [-0.39, 0.29) is 0 Å². The summed E-state index contributed by atoms with van der Waals surface area (Å²) in [5.74, 6) is -0.341. The van der Waals surface area contributed by atoms with E-state index >= 15 is 0 Å². The van der Waals surface area contributed by atoms with Gasteiger partial charge in [0.15, 0.2) is 0 Å². The molecule has 0 aliphatic rings. The van der Waals surface area contributed by atoms with Crippen LogP contribution in [0.15, 0.2) is 24.3 Å². The predicted molar refractivity (Wildman–Crippen MR) is 64.0 cm³/mol. The molecule has 1 aromatic rings. The summed E-state index contributed by atoms with van der Waals surface area (Å²) in [6, 6.07) is 6.87. The summed E-state index contributed by atoms with van der Waals surface area (Å²) in [4.78, 5) is 10.9. The van der Waals surface area contributed by atoms with E-state index in [1.807, 2.05) is 0 Å². The van der Waals surface area contributed by atoms with Gasteiger partial charge in [0.05, 0.1) is 5.56 Å². The number of benzene rings is 1. The van der Waals surface area contributed by atoms with E-state index in [0.717, 1.165) is 5.56 Å². The van der Waals surface area contributed by atoms with E-state index in [0.29, 0.717) is 24.4 Å². The molecule has 5 heteroatoms. The lowest BCUT2D eigenvalue weighted by molar-refractivity contribution is 0.0695. The van der Waals surface area contributed by atoms with E-state index in [4.69, 9.17) is 5.11 Å². The van der Waals surface area contributed by atoms with Crippen molar-refractivity contribution in [3.8, 4) is 0 Å². The first-order valence-electron chi connectivity index (χ1n) is 4.93. The van der Waals surface area contributed by atoms with Crippen LogP contribution in [0.2, 0.25) is 0 Å². The van der Waals surface area contributed by atoms with Gasteiger partial charge in [-0.2, -0.15) is 0 Å². The van der Waals surface area contributed by atoms with Gasteiger partial charge in [-0.1, -0.05) is 18.2 Å². The third-order valence-corrected chi connectivity index (χ3v) is 2.91. The van der Waals surface area contributed by atoms with Crippen molar-refractivity contribution in [2.45, 2.75) is 6.54 Å². The maximum absolute atomic E-state index is 10.9. The highest BCUT2D eigenvalue weighted by molar-refractivity contribution is 7.84. The molecule has 0 radical (unpaired) electrons. The first-order valence-corrected chi connectivity index (χ1v) is 6.66. The van der Waals surface area contributed by atoms with Crippen molar-refractivity contribution in [2.75, 3.05) is 18.6 Å². The molecule has 16 heavy (non-hydrogen) atoms. The second-order valence-corrected chi connectivity index (χ2v) is 4.97. The molecule has 4 nitrogen and oxygen atoms in total. The Balaban J connectivity index is 2.53. The molecule has 2 N–H and O–H groups in total. The third-order valence-electron chi connectivity index (χ3n) is 2.13. The standard InChI is InChI=1S/C11H15NO3S/c1-16(15)7-6-12-8-9-4-2-3-5-10(9)11(13)14/h2-5,12H,6-8H2,1H3,(H,13,14). The molecule has 0 heterocycles. The van der Waals surface area contributed by atoms with Crippen molar-refractivity contribution in [3.63, 3.8) is 0 Å². The summed E-state index contributed by atoms with van der Waals surface area (Å²) in [5, 5.41) is 12.0. The fraction of sp³-hybridized carbons (Fsp3) is 0.364. The van der Waals surface area contributed by atoms with Crippen LogP contribution >= 0.6 is 0 Å². The second-order valence-electron chi connectivity index (χ2n) is 3.42. The molecule has 0 spiro atoms. The molecule has 0 aliphatic carbocycles. The monoisotopic (exact) mass is 241 g/mol. The minimum atomic E-state index is -0.920. The van der Waals surface area contributed by atoms with Gasteiger partial charge in [-0.3, -0.25) is 4.21 Å². The van der Waals surface area contributed by atoms with Gasteiger partial charge in [0.25, 0.3) is 0 Å². The van der Waals surface area contributed by atoms with Crippen LogP contribution < -0.4 is 5.32 Å². The van der Waals surface area contributed by atoms with E-state index in [1.165, 1.54) is 0 Å². The molecule has 0 bridgehead atoms. The Morgan fingerprint density at radius 2 is 2.12 bits per heavy atom. The van der Waals surface area contributed by atoms with Gasteiger partial charge in [0, 0.05) is 35.9 Å². The van der Waals surface area contributed by atoms with Crippen molar-refractivity contribution < 1.29 is 14.1 Å². The van der Waals surface area contributed by atoms with Crippen LogP contribution in [-0.4, -0.2) is 33.8 Å². The van der Waals surface area contributed by atoms with Crippen molar-refractivity contribution in [1.29, 1.82) is 0 Å². The zero-order valence-electron chi connectivity index (χ0n) is 9.10. The SMILES string of the molecule is CS(=O)CCNCc1ccccc1C(=O)O. The molecule has 1 unspecified atom stereocenters. The topological polar surface area (TPSA) is 66.4 Å². The summed E-state index contributed by atoms with van der Waals surface area (Å²) in [6.07, 6.45) is 1.65. The van der Waals surface area contributed by atoms with E-state index < -0.39 is 16.8 Å². The average Bonchev–Trinajstić information content (AvgIpc) is 2.24. The van der Waals surface area contributed by atoms with Crippen LogP contribution in [0.5, 0.6) is 0 Å². The number of carboxylic acids is 1. The molecule has 0 amide bonds. The first-order chi connectivity index (χ1) is 7.61. The third kappa shape index (κ3) is 4.12. The number of hydrogen-bond acceptors (Lipinski definition) is 3. The van der Waals surface area contributed by atoms with Crippen LogP contribution in [0.4, 0.5) is 0 Å². The second kappa shape index (κ2) is 6.40. The first kappa shape index (κ1) is 12.9. The van der Waals surface area contributed by atoms with Gasteiger partial charge in [0.2, 0.25) is 0 Å². The van der Waals surface area contributed by atoms with Crippen molar-refractivity contribution in [3.05, 3.63) is 35.4 Å². The Morgan fingerprint density at radius 1 is 1.44 bits per heavy atom. The van der Waals surface area contributed by atoms with Crippen molar-refractivity contribution in [2.24, 2.45) is 0 Å². The van der Waals surface area contributed by atoms with Gasteiger partial charge in [-0.15, -0.1) is 0 Å². The smallest absolute Gasteiger partial charge is 0.336 e. The summed E-state index contributed by atoms with van der Waals surface area (Å²) < 4.78 is 10.8. The van der Waals surface area contributed by atoms with Crippen molar-refractivity contribution >= 4 is 16.8 Å². The molecule has 1 aromatic carbocycles. The van der Waals surface area contributed by atoms with Crippen molar-refractivity contribution in [1.82, 2.24) is 5.32 Å². The van der Waals surface area contributed by atoms with Crippen LogP contribution in [0, 0.1) is 0 Å². The van der Waals surface area contributed by atoms with Crippen LogP contribution in [-0.2, 0) is 17.3 Å². The Morgan fingerprint density at radius 3 is 2.75 bits per heavy atom. The maximum Gasteiger partial charge on any atom is 0.336 e. The normalized spacial score (nSPS) is 12.3. The molecular weight excluding hydrogens is 226 g/mol. The Hall–Kier alpha value is -1.20. The molecule has 1 atom stereocenters. The van der Waals surface area contributed by atoms with Gasteiger partial charge in [-0.25, -0.2) is 4.79 Å². The lowest BCUT2D eigenvalue weighted by Crippen LogP contribution is -2.21. The average molecular weight is 241 g/mol. The fourth-order valence-electron chi connectivity index (χ4n) is 1.32. The zero-order valence-corrected chi connectivity index (χ0v) is 9.92. The largest absolute Gasteiger partial charge is 0.478 e. The summed E-state index contributed by atoms with van der Waals surface area (Å²) in [5.41, 5.74) is 1.06. The van der Waals surface area contributed by atoms with E-state index in [1.54, 1.807) is 30.5 Å². The fourth-order valence-corrected chi connectivity index (χ4v) is 1.75. The minimum absolute atomic E-state index is 0.313. The lowest BCUT2D eigenvalue weighted by atomic mass is 10.1. The molecule has 0 aliphatic heterocycles. The Labute approximate surface area is 97.1 Å². The number of rotatable bonds is 6. The minimum Gasteiger partial charge on any atom is -0.478 e. The molecule has 0 fully saturated rings. The quantitative estimate of drug-likeness (QED) is 0.725. The molecule has 0 saturated carbocycles. The van der Waals surface area contributed by atoms with Gasteiger partial charge < -0.3 is 10.4 Å². The lowest BCUT2D eigenvalue weighted by Gasteiger charge is -2.06. The highest BCUT2D eigenvalue weighted by Gasteiger charge is 2.07. The number of aromatic carboxylic acids is 1. The molecule has 88 valence electrons. The van der Waals surface area contributed by atoms with E-state index in [2.05, 4.69) is 5.32 Å². The zero-order chi connectivity index (χ0) is 12.0. The summed E-state index contributed by atoms with van der Waals surface area (Å²) >= 11 is 0. The Bertz CT molecular complexity index is 393. The number of hydrogen-bond donors (Lipinski definition) is 2. The Kier molecular flexibility index (Phi) is 5.14. The van der Waals surface area contributed by atoms with E-state index in [9.17, 15) is 9.00 Å². The van der Waals surface area contributed by atoms with Crippen LogP contribution in [0.3, 0.4) is 0 Å². The van der Waals surface area contributed by atoms with Gasteiger partial charge >= 0.3 is 5.97 Å². The van der Waals surface area contributed by atoms with Gasteiger partial charge in [0.1, 0.15) is 0 Å². The number of nitrogens with one attached hydrogen (secondary N) is 1. The molecule has 0 saturated heterocycles. The maximum atomic E-state index is 10.9. The molecule has 1 rings (SSSR count). The highest BCUT2D eigenvalue weighted by atomic mass is 32.2. The highest BCUT2D eigenvalue weighted by Crippen LogP contribution is 2.07. The van der Waals surface area contributed by atoms with Crippen LogP contribution in [0.25, 0.3) is 0 Å². The van der Waals surface area contributed by atoms with Crippen LogP contribution in [0.1, 0.15) is 15.9 Å². The summed E-state index contributed by atoms with van der Waals surface area (Å²) in [6.45, 7) is 1.11. The summed E-state index contributed by atoms with van der Waals surface area (Å²) in [7, 11) is -0.816. The molecule has 0 aromatic heterocycles.